The van der Waals surface area contributed by atoms with Crippen molar-refractivity contribution in [1.29, 1.82) is 0 Å². The molecule has 0 aromatic carbocycles. The number of rotatable bonds is 9. The number of hydrogen-bond donors (Lipinski definition) is 0. The fraction of sp³-hybridized carbons (Fsp3) is 0.667. The Labute approximate surface area is 113 Å². The van der Waals surface area contributed by atoms with E-state index in [0.717, 1.165) is 6.42 Å². The molecule has 6 heteroatoms. The molecule has 1 aromatic rings. The van der Waals surface area contributed by atoms with E-state index in [9.17, 15) is 0 Å². The first-order valence-electron chi connectivity index (χ1n) is 6.08. The number of ether oxygens (including phenoxy) is 2. The molecule has 0 amide bonds. The van der Waals surface area contributed by atoms with Crippen molar-refractivity contribution in [2.75, 3.05) is 44.2 Å². The lowest BCUT2D eigenvalue weighted by molar-refractivity contribution is 0.156. The second-order valence-electron chi connectivity index (χ2n) is 3.77. The first kappa shape index (κ1) is 15.0. The summed E-state index contributed by atoms with van der Waals surface area (Å²) in [5.74, 6) is 1.76. The van der Waals surface area contributed by atoms with Gasteiger partial charge in [-0.15, -0.1) is 11.6 Å². The van der Waals surface area contributed by atoms with E-state index < -0.39 is 0 Å². The smallest absolute Gasteiger partial charge is 0.228 e. The van der Waals surface area contributed by atoms with E-state index in [1.165, 1.54) is 0 Å². The molecule has 5 nitrogen and oxygen atoms in total. The quantitative estimate of drug-likeness (QED) is 0.508. The molecule has 0 fully saturated rings. The van der Waals surface area contributed by atoms with Crippen LogP contribution in [0, 0.1) is 0 Å². The van der Waals surface area contributed by atoms with Gasteiger partial charge in [0, 0.05) is 31.7 Å². The molecular formula is C12H20ClN3O2. The highest BCUT2D eigenvalue weighted by Crippen LogP contribution is 2.11. The van der Waals surface area contributed by atoms with Crippen molar-refractivity contribution >= 4 is 17.5 Å². The lowest BCUT2D eigenvalue weighted by Gasteiger charge is -2.17. The maximum atomic E-state index is 5.52. The molecule has 1 aromatic heterocycles. The van der Waals surface area contributed by atoms with Crippen molar-refractivity contribution in [3.63, 3.8) is 0 Å². The van der Waals surface area contributed by atoms with Crippen molar-refractivity contribution in [3.05, 3.63) is 12.3 Å². The predicted octanol–water partition coefficient (Wildman–Crippen LogP) is 1.96. The van der Waals surface area contributed by atoms with Crippen molar-refractivity contribution in [2.45, 2.75) is 13.3 Å². The fourth-order valence-electron chi connectivity index (χ4n) is 1.26. The van der Waals surface area contributed by atoms with E-state index in [4.69, 9.17) is 21.1 Å². The summed E-state index contributed by atoms with van der Waals surface area (Å²) >= 11 is 5.52. The lowest BCUT2D eigenvalue weighted by Crippen LogP contribution is -2.24. The van der Waals surface area contributed by atoms with Gasteiger partial charge in [-0.05, 0) is 6.42 Å². The van der Waals surface area contributed by atoms with Gasteiger partial charge in [-0.2, -0.15) is 4.98 Å². The van der Waals surface area contributed by atoms with Crippen LogP contribution in [-0.2, 0) is 4.74 Å². The third-order valence-electron chi connectivity index (χ3n) is 2.21. The fourth-order valence-corrected chi connectivity index (χ4v) is 1.37. The Morgan fingerprint density at radius 2 is 2.17 bits per heavy atom. The summed E-state index contributed by atoms with van der Waals surface area (Å²) in [7, 11) is 1.92. The molecular weight excluding hydrogens is 254 g/mol. The summed E-state index contributed by atoms with van der Waals surface area (Å²) in [6, 6.07) is 1.76. The zero-order chi connectivity index (χ0) is 13.2. The minimum absolute atomic E-state index is 0.514. The molecule has 0 spiro atoms. The van der Waals surface area contributed by atoms with E-state index in [1.54, 1.807) is 12.3 Å². The Morgan fingerprint density at radius 3 is 2.89 bits per heavy atom. The van der Waals surface area contributed by atoms with Gasteiger partial charge >= 0.3 is 0 Å². The van der Waals surface area contributed by atoms with Gasteiger partial charge in [0.1, 0.15) is 0 Å². The third kappa shape index (κ3) is 5.51. The van der Waals surface area contributed by atoms with Crippen LogP contribution in [0.15, 0.2) is 12.3 Å². The van der Waals surface area contributed by atoms with E-state index in [-0.39, 0.29) is 0 Å². The molecule has 18 heavy (non-hydrogen) atoms. The molecule has 0 saturated carbocycles. The Morgan fingerprint density at radius 1 is 1.33 bits per heavy atom. The van der Waals surface area contributed by atoms with Crippen molar-refractivity contribution < 1.29 is 9.47 Å². The Bertz CT molecular complexity index is 339. The maximum absolute atomic E-state index is 5.52. The number of hydrogen-bond acceptors (Lipinski definition) is 5. The molecule has 102 valence electrons. The van der Waals surface area contributed by atoms with Crippen molar-refractivity contribution in [3.8, 4) is 5.88 Å². The summed E-state index contributed by atoms with van der Waals surface area (Å²) in [5, 5.41) is 0. The molecule has 0 radical (unpaired) electrons. The lowest BCUT2D eigenvalue weighted by atomic mass is 10.5. The van der Waals surface area contributed by atoms with Gasteiger partial charge in [-0.1, -0.05) is 6.92 Å². The summed E-state index contributed by atoms with van der Waals surface area (Å²) in [4.78, 5) is 10.4. The van der Waals surface area contributed by atoms with Crippen LogP contribution in [0.4, 0.5) is 5.95 Å². The third-order valence-corrected chi connectivity index (χ3v) is 2.36. The predicted molar refractivity (Wildman–Crippen MR) is 72.6 cm³/mol. The highest BCUT2D eigenvalue weighted by Gasteiger charge is 2.05. The number of nitrogens with zero attached hydrogens (tertiary/aromatic N) is 3. The van der Waals surface area contributed by atoms with E-state index in [0.29, 0.717) is 44.1 Å². The zero-order valence-electron chi connectivity index (χ0n) is 10.9. The van der Waals surface area contributed by atoms with E-state index in [2.05, 4.69) is 16.9 Å². The average molecular weight is 274 g/mol. The zero-order valence-corrected chi connectivity index (χ0v) is 11.7. The van der Waals surface area contributed by atoms with Gasteiger partial charge in [0.15, 0.2) is 0 Å². The second-order valence-corrected chi connectivity index (χ2v) is 4.14. The van der Waals surface area contributed by atoms with Crippen LogP contribution in [0.5, 0.6) is 5.88 Å². The van der Waals surface area contributed by atoms with Crippen LogP contribution in [0.1, 0.15) is 13.3 Å². The van der Waals surface area contributed by atoms with Crippen LogP contribution < -0.4 is 9.64 Å². The van der Waals surface area contributed by atoms with Gasteiger partial charge < -0.3 is 14.4 Å². The van der Waals surface area contributed by atoms with Gasteiger partial charge in [0.25, 0.3) is 0 Å². The second kappa shape index (κ2) is 8.94. The molecule has 1 heterocycles. The largest absolute Gasteiger partial charge is 0.478 e. The first-order chi connectivity index (χ1) is 8.77. The van der Waals surface area contributed by atoms with Crippen LogP contribution >= 0.6 is 11.6 Å². The summed E-state index contributed by atoms with van der Waals surface area (Å²) in [6.07, 6.45) is 2.66. The number of halogens is 1. The Hall–Kier alpha value is -1.07. The summed E-state index contributed by atoms with van der Waals surface area (Å²) < 4.78 is 10.8. The molecule has 0 aliphatic heterocycles. The van der Waals surface area contributed by atoms with Crippen molar-refractivity contribution in [2.24, 2.45) is 0 Å². The van der Waals surface area contributed by atoms with Gasteiger partial charge in [0.2, 0.25) is 11.8 Å². The van der Waals surface area contributed by atoms with Crippen LogP contribution in [0.2, 0.25) is 0 Å². The monoisotopic (exact) mass is 273 g/mol. The van der Waals surface area contributed by atoms with Gasteiger partial charge in [0.05, 0.1) is 19.8 Å². The highest BCUT2D eigenvalue weighted by atomic mass is 35.5. The molecule has 0 N–H and O–H groups in total. The molecule has 0 saturated heterocycles. The van der Waals surface area contributed by atoms with Gasteiger partial charge in [-0.3, -0.25) is 0 Å². The SMILES string of the molecule is CCCOc1ccnc(N(C)CCOCCCl)n1. The minimum Gasteiger partial charge on any atom is -0.478 e. The Kier molecular flexibility index (Phi) is 7.44. The number of likely N-dealkylation sites (N-methyl/N-ethyl adjacent to an activating group) is 1. The number of anilines is 1. The highest BCUT2D eigenvalue weighted by molar-refractivity contribution is 6.17. The Balaban J connectivity index is 2.43. The van der Waals surface area contributed by atoms with E-state index in [1.807, 2.05) is 11.9 Å². The first-order valence-corrected chi connectivity index (χ1v) is 6.62. The van der Waals surface area contributed by atoms with E-state index >= 15 is 0 Å². The molecule has 0 aliphatic rings. The van der Waals surface area contributed by atoms with Crippen molar-refractivity contribution in [1.82, 2.24) is 9.97 Å². The molecule has 0 unspecified atom stereocenters. The van der Waals surface area contributed by atoms with Crippen LogP contribution in [0.3, 0.4) is 0 Å². The summed E-state index contributed by atoms with van der Waals surface area (Å²) in [5.41, 5.74) is 0. The number of alkyl halides is 1. The molecule has 0 atom stereocenters. The van der Waals surface area contributed by atoms with Gasteiger partial charge in [-0.25, -0.2) is 4.98 Å². The molecule has 0 bridgehead atoms. The van der Waals surface area contributed by atoms with Crippen LogP contribution in [-0.4, -0.2) is 49.3 Å². The average Bonchev–Trinajstić information content (AvgIpc) is 2.41. The molecule has 0 aliphatic carbocycles. The number of aromatic nitrogens is 2. The van der Waals surface area contributed by atoms with Crippen LogP contribution in [0.25, 0.3) is 0 Å². The standard InChI is InChI=1S/C12H20ClN3O2/c1-3-8-18-11-4-6-14-12(15-11)16(2)7-10-17-9-5-13/h4,6H,3,5,7-10H2,1-2H3. The minimum atomic E-state index is 0.514. The summed E-state index contributed by atoms with van der Waals surface area (Å²) in [6.45, 7) is 4.61. The topological polar surface area (TPSA) is 47.5 Å². The normalized spacial score (nSPS) is 10.4. The maximum Gasteiger partial charge on any atom is 0.228 e. The molecule has 1 rings (SSSR count).